The lowest BCUT2D eigenvalue weighted by Gasteiger charge is -2.46. The van der Waals surface area contributed by atoms with Gasteiger partial charge in [0.1, 0.15) is 0 Å². The van der Waals surface area contributed by atoms with E-state index >= 15 is 0 Å². The first-order chi connectivity index (χ1) is 10.1. The van der Waals surface area contributed by atoms with Crippen LogP contribution in [-0.2, 0) is 9.47 Å². The number of β-amino-alcohol motifs (C(OH)–C–C–N with tert-alkyl or cyclic N) is 1. The molecule has 2 unspecified atom stereocenters. The van der Waals surface area contributed by atoms with Crippen LogP contribution in [0.25, 0.3) is 0 Å². The Kier molecular flexibility index (Phi) is 7.18. The summed E-state index contributed by atoms with van der Waals surface area (Å²) in [6, 6.07) is -0.190. The molecule has 2 aliphatic heterocycles. The third-order valence-electron chi connectivity index (χ3n) is 4.09. The molecular weight excluding hydrogens is 314 g/mol. The first kappa shape index (κ1) is 18.8. The number of aliphatic hydroxyl groups excluding tert-OH is 1. The predicted octanol–water partition coefficient (Wildman–Crippen LogP) is 0.689. The minimum absolute atomic E-state index is 0. The largest absolute Gasteiger partial charge is 0.452 e. The summed E-state index contributed by atoms with van der Waals surface area (Å²) in [7, 11) is 2.50. The molecule has 0 radical (unpaired) electrons. The van der Waals surface area contributed by atoms with Gasteiger partial charge in [0.05, 0.1) is 39.5 Å². The summed E-state index contributed by atoms with van der Waals surface area (Å²) in [5.41, 5.74) is 0. The van der Waals surface area contributed by atoms with Crippen molar-refractivity contribution >= 4 is 24.6 Å². The molecule has 2 rings (SSSR count). The standard InChI is InChI=1S/C13H23N3O5.ClH/c1-20-12(18)15-8-10(14-6-4-3-5-7-14)11(17)9-16(15)13(19)21-2;/h10-11,17H,3-9H2,1-2H3;1H. The molecule has 0 aromatic carbocycles. The third kappa shape index (κ3) is 3.93. The lowest BCUT2D eigenvalue weighted by atomic mass is 10.0. The normalized spacial score (nSPS) is 26.1. The molecule has 2 aliphatic rings. The molecule has 0 aromatic heterocycles. The van der Waals surface area contributed by atoms with E-state index in [0.717, 1.165) is 30.9 Å². The van der Waals surface area contributed by atoms with Gasteiger partial charge in [0, 0.05) is 0 Å². The Morgan fingerprint density at radius 3 is 1.95 bits per heavy atom. The highest BCUT2D eigenvalue weighted by Crippen LogP contribution is 2.22. The molecule has 0 spiro atoms. The quantitative estimate of drug-likeness (QED) is 0.758. The van der Waals surface area contributed by atoms with E-state index in [1.807, 2.05) is 0 Å². The molecule has 2 saturated heterocycles. The zero-order valence-electron chi connectivity index (χ0n) is 12.9. The van der Waals surface area contributed by atoms with E-state index in [9.17, 15) is 14.7 Å². The van der Waals surface area contributed by atoms with E-state index in [-0.39, 0.29) is 31.5 Å². The van der Waals surface area contributed by atoms with Crippen LogP contribution in [0.5, 0.6) is 0 Å². The molecule has 1 N–H and O–H groups in total. The molecule has 2 heterocycles. The Hall–Kier alpha value is -1.25. The minimum Gasteiger partial charge on any atom is -0.452 e. The van der Waals surface area contributed by atoms with Crippen molar-refractivity contribution < 1.29 is 24.2 Å². The van der Waals surface area contributed by atoms with Crippen LogP contribution in [0.1, 0.15) is 19.3 Å². The number of halogens is 1. The van der Waals surface area contributed by atoms with Crippen LogP contribution < -0.4 is 0 Å². The smallest absolute Gasteiger partial charge is 0.428 e. The summed E-state index contributed by atoms with van der Waals surface area (Å²) in [5.74, 6) is 0. The van der Waals surface area contributed by atoms with Crippen molar-refractivity contribution in [2.45, 2.75) is 31.4 Å². The van der Waals surface area contributed by atoms with Crippen molar-refractivity contribution in [2.24, 2.45) is 0 Å². The summed E-state index contributed by atoms with van der Waals surface area (Å²) in [5, 5.41) is 12.6. The fourth-order valence-corrected chi connectivity index (χ4v) is 2.96. The number of nitrogens with zero attached hydrogens (tertiary/aromatic N) is 3. The van der Waals surface area contributed by atoms with Gasteiger partial charge in [0.15, 0.2) is 0 Å². The number of carbonyl (C=O) groups excluding carboxylic acids is 2. The lowest BCUT2D eigenvalue weighted by molar-refractivity contribution is -0.105. The van der Waals surface area contributed by atoms with Crippen LogP contribution in [0.4, 0.5) is 9.59 Å². The average molecular weight is 338 g/mol. The predicted molar refractivity (Wildman–Crippen MR) is 80.7 cm³/mol. The van der Waals surface area contributed by atoms with Crippen molar-refractivity contribution in [2.75, 3.05) is 40.4 Å². The number of amides is 2. The lowest BCUT2D eigenvalue weighted by Crippen LogP contribution is -2.66. The minimum atomic E-state index is -0.719. The number of likely N-dealkylation sites (tertiary alicyclic amines) is 1. The summed E-state index contributed by atoms with van der Waals surface area (Å²) < 4.78 is 9.38. The number of hydrogen-bond acceptors (Lipinski definition) is 6. The van der Waals surface area contributed by atoms with Gasteiger partial charge in [-0.1, -0.05) is 6.42 Å². The van der Waals surface area contributed by atoms with E-state index in [0.29, 0.717) is 0 Å². The monoisotopic (exact) mass is 337 g/mol. The summed E-state index contributed by atoms with van der Waals surface area (Å²) in [6.45, 7) is 2.02. The van der Waals surface area contributed by atoms with E-state index in [1.54, 1.807) is 0 Å². The maximum Gasteiger partial charge on any atom is 0.428 e. The molecule has 2 atom stereocenters. The molecule has 9 heteroatoms. The molecular formula is C13H24ClN3O5. The van der Waals surface area contributed by atoms with Crippen molar-refractivity contribution in [3.63, 3.8) is 0 Å². The maximum atomic E-state index is 11.9. The highest BCUT2D eigenvalue weighted by atomic mass is 35.5. The number of piperidine rings is 1. The van der Waals surface area contributed by atoms with Gasteiger partial charge in [-0.15, -0.1) is 12.4 Å². The molecule has 0 bridgehead atoms. The van der Waals surface area contributed by atoms with Crippen LogP contribution >= 0.6 is 12.4 Å². The highest BCUT2D eigenvalue weighted by molar-refractivity contribution is 5.85. The Balaban J connectivity index is 0.00000242. The van der Waals surface area contributed by atoms with Gasteiger partial charge in [-0.2, -0.15) is 0 Å². The first-order valence-corrected chi connectivity index (χ1v) is 7.21. The van der Waals surface area contributed by atoms with Gasteiger partial charge in [-0.05, 0) is 25.9 Å². The Bertz CT molecular complexity index is 392. The van der Waals surface area contributed by atoms with Crippen LogP contribution in [0.15, 0.2) is 0 Å². The topological polar surface area (TPSA) is 82.5 Å². The first-order valence-electron chi connectivity index (χ1n) is 7.21. The summed E-state index contributed by atoms with van der Waals surface area (Å²) in [6.07, 6.45) is 1.33. The fraction of sp³-hybridized carbons (Fsp3) is 0.846. The number of ether oxygens (including phenoxy) is 2. The SMILES string of the molecule is COC(=O)N1CC(O)C(N2CCCCC2)CN1C(=O)OC.Cl. The summed E-state index contributed by atoms with van der Waals surface area (Å²) >= 11 is 0. The van der Waals surface area contributed by atoms with Crippen LogP contribution in [0.3, 0.4) is 0 Å². The molecule has 2 amide bonds. The second kappa shape index (κ2) is 8.40. The van der Waals surface area contributed by atoms with Crippen LogP contribution in [-0.4, -0.2) is 84.8 Å². The number of methoxy groups -OCH3 is 2. The third-order valence-corrected chi connectivity index (χ3v) is 4.09. The van der Waals surface area contributed by atoms with Crippen molar-refractivity contribution in [3.05, 3.63) is 0 Å². The second-order valence-corrected chi connectivity index (χ2v) is 5.34. The maximum absolute atomic E-state index is 11.9. The zero-order chi connectivity index (χ0) is 15.4. The molecule has 128 valence electrons. The van der Waals surface area contributed by atoms with Crippen molar-refractivity contribution in [1.29, 1.82) is 0 Å². The van der Waals surface area contributed by atoms with Gasteiger partial charge >= 0.3 is 12.2 Å². The Morgan fingerprint density at radius 1 is 0.955 bits per heavy atom. The molecule has 2 fully saturated rings. The van der Waals surface area contributed by atoms with Crippen LogP contribution in [0.2, 0.25) is 0 Å². The van der Waals surface area contributed by atoms with Gasteiger partial charge < -0.3 is 14.6 Å². The molecule has 0 saturated carbocycles. The van der Waals surface area contributed by atoms with Crippen molar-refractivity contribution in [1.82, 2.24) is 14.9 Å². The number of hydrazine groups is 1. The fourth-order valence-electron chi connectivity index (χ4n) is 2.96. The highest BCUT2D eigenvalue weighted by Gasteiger charge is 2.42. The van der Waals surface area contributed by atoms with E-state index in [1.165, 1.54) is 25.6 Å². The molecule has 0 aromatic rings. The number of carbonyl (C=O) groups is 2. The van der Waals surface area contributed by atoms with Gasteiger partial charge in [0.25, 0.3) is 0 Å². The van der Waals surface area contributed by atoms with Crippen molar-refractivity contribution in [3.8, 4) is 0 Å². The molecule has 22 heavy (non-hydrogen) atoms. The number of hydrogen-bond donors (Lipinski definition) is 1. The van der Waals surface area contributed by atoms with Gasteiger partial charge in [-0.25, -0.2) is 19.6 Å². The Labute approximate surface area is 136 Å². The second-order valence-electron chi connectivity index (χ2n) is 5.34. The Morgan fingerprint density at radius 2 is 1.45 bits per heavy atom. The zero-order valence-corrected chi connectivity index (χ0v) is 13.8. The molecule has 8 nitrogen and oxygen atoms in total. The van der Waals surface area contributed by atoms with Gasteiger partial charge in [-0.3, -0.25) is 4.90 Å². The van der Waals surface area contributed by atoms with Crippen LogP contribution in [0, 0.1) is 0 Å². The van der Waals surface area contributed by atoms with E-state index in [2.05, 4.69) is 9.64 Å². The average Bonchev–Trinajstić information content (AvgIpc) is 2.53. The van der Waals surface area contributed by atoms with E-state index in [4.69, 9.17) is 4.74 Å². The van der Waals surface area contributed by atoms with E-state index < -0.39 is 18.3 Å². The summed E-state index contributed by atoms with van der Waals surface area (Å²) in [4.78, 5) is 25.8. The van der Waals surface area contributed by atoms with Gasteiger partial charge in [0.2, 0.25) is 0 Å². The number of aliphatic hydroxyl groups is 1. The molecule has 0 aliphatic carbocycles. The number of rotatable bonds is 1.